The van der Waals surface area contributed by atoms with Gasteiger partial charge in [-0.1, -0.05) is 0 Å². The lowest BCUT2D eigenvalue weighted by Gasteiger charge is -2.28. The lowest BCUT2D eigenvalue weighted by molar-refractivity contribution is -0.164. The number of hydroxylamine groups is 2. The second kappa shape index (κ2) is 5.77. The van der Waals surface area contributed by atoms with Gasteiger partial charge in [0, 0.05) is 13.6 Å². The van der Waals surface area contributed by atoms with Crippen molar-refractivity contribution in [3.8, 4) is 0 Å². The van der Waals surface area contributed by atoms with Gasteiger partial charge in [0.25, 0.3) is 5.91 Å². The Balaban J connectivity index is 4.42. The first-order valence-corrected chi connectivity index (χ1v) is 7.63. The molecule has 0 spiro atoms. The standard InChI is InChI=1S/C9H21N2O4P/c1-7(9(13)11(3)14)10(2)6-8(12)16(4,5)15/h7-8,12,14H,6H2,1-5H3. The lowest BCUT2D eigenvalue weighted by atomic mass is 10.3. The number of nitrogens with zero attached hydrogens (tertiary/aromatic N) is 2. The summed E-state index contributed by atoms with van der Waals surface area (Å²) in [5, 5.41) is 19.1. The Kier molecular flexibility index (Phi) is 5.62. The van der Waals surface area contributed by atoms with Gasteiger partial charge in [-0.3, -0.25) is 14.9 Å². The molecule has 2 N–H and O–H groups in total. The first kappa shape index (κ1) is 15.6. The van der Waals surface area contributed by atoms with E-state index in [1.54, 1.807) is 18.9 Å². The molecule has 16 heavy (non-hydrogen) atoms. The molecule has 96 valence electrons. The molecule has 0 aliphatic heterocycles. The topological polar surface area (TPSA) is 81.1 Å². The highest BCUT2D eigenvalue weighted by Crippen LogP contribution is 2.41. The molecule has 0 aliphatic rings. The van der Waals surface area contributed by atoms with Crippen LogP contribution < -0.4 is 0 Å². The third kappa shape index (κ3) is 4.61. The molecule has 2 atom stereocenters. The number of carbonyl (C=O) groups excluding carboxylic acids is 1. The Bertz CT molecular complexity index is 289. The third-order valence-corrected chi connectivity index (χ3v) is 4.11. The van der Waals surface area contributed by atoms with E-state index in [0.29, 0.717) is 5.06 Å². The van der Waals surface area contributed by atoms with E-state index in [0.717, 1.165) is 0 Å². The van der Waals surface area contributed by atoms with Gasteiger partial charge in [-0.25, -0.2) is 5.06 Å². The average Bonchev–Trinajstić information content (AvgIpc) is 2.13. The minimum Gasteiger partial charge on any atom is -0.384 e. The zero-order chi connectivity index (χ0) is 13.1. The summed E-state index contributed by atoms with van der Waals surface area (Å²) in [7, 11) is 0.296. The molecule has 1 amide bonds. The van der Waals surface area contributed by atoms with E-state index in [1.165, 1.54) is 20.4 Å². The summed E-state index contributed by atoms with van der Waals surface area (Å²) in [6.45, 7) is 4.73. The maximum Gasteiger partial charge on any atom is 0.262 e. The summed E-state index contributed by atoms with van der Waals surface area (Å²) in [4.78, 5) is 13.0. The smallest absolute Gasteiger partial charge is 0.262 e. The van der Waals surface area contributed by atoms with Gasteiger partial charge in [-0.05, 0) is 27.3 Å². The zero-order valence-electron chi connectivity index (χ0n) is 10.4. The molecule has 0 aromatic heterocycles. The molecular formula is C9H21N2O4P. The van der Waals surface area contributed by atoms with Crippen LogP contribution in [0.3, 0.4) is 0 Å². The van der Waals surface area contributed by atoms with Gasteiger partial charge in [0.1, 0.15) is 13.0 Å². The third-order valence-electron chi connectivity index (χ3n) is 2.51. The Labute approximate surface area is 96.2 Å². The number of likely N-dealkylation sites (N-methyl/N-ethyl adjacent to an activating group) is 2. The van der Waals surface area contributed by atoms with Crippen LogP contribution in [0.25, 0.3) is 0 Å². The van der Waals surface area contributed by atoms with Crippen LogP contribution in [0.1, 0.15) is 6.92 Å². The number of rotatable bonds is 5. The van der Waals surface area contributed by atoms with Crippen molar-refractivity contribution in [3.05, 3.63) is 0 Å². The molecule has 0 bridgehead atoms. The van der Waals surface area contributed by atoms with Crippen LogP contribution in [0, 0.1) is 0 Å². The molecule has 0 aromatic carbocycles. The van der Waals surface area contributed by atoms with Gasteiger partial charge in [0.05, 0.1) is 6.04 Å². The lowest BCUT2D eigenvalue weighted by Crippen LogP contribution is -2.45. The number of hydrogen-bond donors (Lipinski definition) is 2. The van der Waals surface area contributed by atoms with E-state index in [-0.39, 0.29) is 6.54 Å². The number of aliphatic hydroxyl groups is 1. The van der Waals surface area contributed by atoms with Crippen molar-refractivity contribution >= 4 is 13.0 Å². The number of hydrogen-bond acceptors (Lipinski definition) is 5. The summed E-state index contributed by atoms with van der Waals surface area (Å²) in [6.07, 6.45) is 0. The molecule has 0 aliphatic carbocycles. The van der Waals surface area contributed by atoms with E-state index in [9.17, 15) is 14.5 Å². The van der Waals surface area contributed by atoms with Crippen molar-refractivity contribution in [2.45, 2.75) is 18.8 Å². The molecule has 0 heterocycles. The Morgan fingerprint density at radius 1 is 1.38 bits per heavy atom. The summed E-state index contributed by atoms with van der Waals surface area (Å²) in [5.41, 5.74) is 0. The summed E-state index contributed by atoms with van der Waals surface area (Å²) in [5.74, 6) is -1.44. The fourth-order valence-electron chi connectivity index (χ4n) is 1.07. The van der Waals surface area contributed by atoms with Gasteiger partial charge >= 0.3 is 0 Å². The predicted octanol–water partition coefficient (Wildman–Crippen LogP) is 0.0954. The first-order valence-electron chi connectivity index (χ1n) is 4.96. The van der Waals surface area contributed by atoms with E-state index in [2.05, 4.69) is 0 Å². The Morgan fingerprint density at radius 3 is 2.12 bits per heavy atom. The number of aliphatic hydroxyl groups excluding tert-OH is 1. The molecule has 0 saturated heterocycles. The molecule has 0 fully saturated rings. The van der Waals surface area contributed by atoms with E-state index >= 15 is 0 Å². The van der Waals surface area contributed by atoms with Crippen molar-refractivity contribution < 1.29 is 19.7 Å². The van der Waals surface area contributed by atoms with E-state index < -0.39 is 24.9 Å². The molecule has 2 unspecified atom stereocenters. The zero-order valence-corrected chi connectivity index (χ0v) is 11.3. The van der Waals surface area contributed by atoms with Crippen LogP contribution in [-0.4, -0.2) is 72.0 Å². The Morgan fingerprint density at radius 2 is 1.81 bits per heavy atom. The molecule has 7 heteroatoms. The molecule has 0 radical (unpaired) electrons. The van der Waals surface area contributed by atoms with Crippen LogP contribution in [0.15, 0.2) is 0 Å². The summed E-state index contributed by atoms with van der Waals surface area (Å²) < 4.78 is 11.6. The van der Waals surface area contributed by atoms with Crippen LogP contribution in [0.2, 0.25) is 0 Å². The second-order valence-corrected chi connectivity index (χ2v) is 7.86. The molecule has 0 rings (SSSR count). The largest absolute Gasteiger partial charge is 0.384 e. The summed E-state index contributed by atoms with van der Waals surface area (Å²) in [6, 6.07) is -0.573. The van der Waals surface area contributed by atoms with Gasteiger partial charge in [0.2, 0.25) is 0 Å². The maximum absolute atomic E-state index is 11.6. The first-order chi connectivity index (χ1) is 7.07. The fraction of sp³-hybridized carbons (Fsp3) is 0.889. The SMILES string of the molecule is CC(C(=O)N(C)O)N(C)CC(O)P(C)(C)=O. The molecular weight excluding hydrogens is 231 g/mol. The highest BCUT2D eigenvalue weighted by atomic mass is 31.2. The van der Waals surface area contributed by atoms with E-state index in [4.69, 9.17) is 5.21 Å². The highest BCUT2D eigenvalue weighted by Gasteiger charge is 2.27. The quantitative estimate of drug-likeness (QED) is 0.412. The minimum absolute atomic E-state index is 0.130. The van der Waals surface area contributed by atoms with Crippen LogP contribution in [-0.2, 0) is 9.36 Å². The van der Waals surface area contributed by atoms with Crippen molar-refractivity contribution in [1.29, 1.82) is 0 Å². The van der Waals surface area contributed by atoms with Crippen molar-refractivity contribution in [2.24, 2.45) is 0 Å². The second-order valence-electron chi connectivity index (χ2n) is 4.39. The summed E-state index contributed by atoms with van der Waals surface area (Å²) >= 11 is 0. The average molecular weight is 252 g/mol. The highest BCUT2D eigenvalue weighted by molar-refractivity contribution is 7.62. The fourth-order valence-corrected chi connectivity index (χ4v) is 1.72. The maximum atomic E-state index is 11.6. The monoisotopic (exact) mass is 252 g/mol. The van der Waals surface area contributed by atoms with Gasteiger partial charge < -0.3 is 9.67 Å². The van der Waals surface area contributed by atoms with Crippen molar-refractivity contribution in [2.75, 3.05) is 34.0 Å². The molecule has 0 aromatic rings. The van der Waals surface area contributed by atoms with Crippen LogP contribution in [0.4, 0.5) is 0 Å². The van der Waals surface area contributed by atoms with Crippen LogP contribution >= 0.6 is 7.14 Å². The number of carbonyl (C=O) groups is 1. The van der Waals surface area contributed by atoms with E-state index in [1.807, 2.05) is 0 Å². The predicted molar refractivity (Wildman–Crippen MR) is 62.1 cm³/mol. The normalized spacial score (nSPS) is 16.0. The van der Waals surface area contributed by atoms with Crippen LogP contribution in [0.5, 0.6) is 0 Å². The van der Waals surface area contributed by atoms with Gasteiger partial charge in [-0.15, -0.1) is 0 Å². The minimum atomic E-state index is -2.58. The van der Waals surface area contributed by atoms with Gasteiger partial charge in [0.15, 0.2) is 0 Å². The number of amides is 1. The van der Waals surface area contributed by atoms with Crippen molar-refractivity contribution in [1.82, 2.24) is 9.96 Å². The Hall–Kier alpha value is -0.420. The molecule has 6 nitrogen and oxygen atoms in total. The molecule has 0 saturated carbocycles. The van der Waals surface area contributed by atoms with Gasteiger partial charge in [-0.2, -0.15) is 0 Å². The van der Waals surface area contributed by atoms with Crippen molar-refractivity contribution in [3.63, 3.8) is 0 Å².